The van der Waals surface area contributed by atoms with E-state index in [4.69, 9.17) is 0 Å². The first-order valence-corrected chi connectivity index (χ1v) is 4.90. The molecule has 0 unspecified atom stereocenters. The largest absolute Gasteiger partial charge is 0.327 e. The summed E-state index contributed by atoms with van der Waals surface area (Å²) in [5.41, 5.74) is -0.209. The molecule has 0 aromatic carbocycles. The number of rotatable bonds is 3. The van der Waals surface area contributed by atoms with Gasteiger partial charge in [-0.05, 0) is 14.1 Å². The number of nitrogens with zero attached hydrogens (tertiary/aromatic N) is 3. The van der Waals surface area contributed by atoms with E-state index in [-0.39, 0.29) is 12.4 Å². The van der Waals surface area contributed by atoms with Crippen molar-refractivity contribution >= 4 is 23.6 Å². The lowest BCUT2D eigenvalue weighted by Crippen LogP contribution is -2.25. The van der Waals surface area contributed by atoms with E-state index in [1.807, 2.05) is 19.0 Å². The van der Waals surface area contributed by atoms with Crippen molar-refractivity contribution in [2.24, 2.45) is 0 Å². The normalized spacial score (nSPS) is 10.8. The van der Waals surface area contributed by atoms with Crippen LogP contribution in [-0.2, 0) is 6.54 Å². The van der Waals surface area contributed by atoms with Crippen LogP contribution in [0.15, 0.2) is 15.9 Å². The standard InChI is InChI=1S/C9H13N5O2.ClH/c1-13(2)3-4-14-5-10-7-6(14)8(15)12-9(16)11-7;/h5H,3-4H2,1-2H3,(H2,11,12,15,16);1H. The first-order chi connectivity index (χ1) is 7.58. The van der Waals surface area contributed by atoms with Gasteiger partial charge in [0.25, 0.3) is 5.56 Å². The van der Waals surface area contributed by atoms with E-state index in [0.717, 1.165) is 6.54 Å². The van der Waals surface area contributed by atoms with Crippen LogP contribution in [0.1, 0.15) is 0 Å². The van der Waals surface area contributed by atoms with Gasteiger partial charge in [-0.25, -0.2) is 9.78 Å². The molecule has 0 aliphatic rings. The maximum atomic E-state index is 11.6. The first-order valence-electron chi connectivity index (χ1n) is 4.90. The zero-order valence-corrected chi connectivity index (χ0v) is 10.4. The maximum Gasteiger partial charge on any atom is 0.327 e. The topological polar surface area (TPSA) is 86.8 Å². The summed E-state index contributed by atoms with van der Waals surface area (Å²) in [5.74, 6) is 0. The summed E-state index contributed by atoms with van der Waals surface area (Å²) >= 11 is 0. The van der Waals surface area contributed by atoms with Crippen molar-refractivity contribution in [2.45, 2.75) is 6.54 Å². The number of fused-ring (bicyclic) bond motifs is 1. The zero-order chi connectivity index (χ0) is 11.7. The van der Waals surface area contributed by atoms with Gasteiger partial charge in [-0.1, -0.05) is 0 Å². The predicted molar refractivity (Wildman–Crippen MR) is 66.8 cm³/mol. The van der Waals surface area contributed by atoms with Crippen LogP contribution >= 0.6 is 12.4 Å². The molecule has 0 atom stereocenters. The molecule has 7 nitrogen and oxygen atoms in total. The van der Waals surface area contributed by atoms with Gasteiger partial charge in [-0.2, -0.15) is 0 Å². The second kappa shape index (κ2) is 5.15. The fourth-order valence-electron chi connectivity index (χ4n) is 1.49. The molecule has 0 spiro atoms. The number of aromatic amines is 2. The molecule has 2 rings (SSSR count). The van der Waals surface area contributed by atoms with Crippen molar-refractivity contribution in [3.8, 4) is 0 Å². The van der Waals surface area contributed by atoms with Crippen LogP contribution in [0, 0.1) is 0 Å². The Labute approximate surface area is 103 Å². The number of aromatic nitrogens is 4. The van der Waals surface area contributed by atoms with Gasteiger partial charge in [-0.15, -0.1) is 12.4 Å². The molecule has 0 amide bonds. The number of hydrogen-bond donors (Lipinski definition) is 2. The molecule has 2 aromatic heterocycles. The molecule has 17 heavy (non-hydrogen) atoms. The quantitative estimate of drug-likeness (QED) is 0.770. The molecular weight excluding hydrogens is 246 g/mol. The highest BCUT2D eigenvalue weighted by Crippen LogP contribution is 2.01. The minimum absolute atomic E-state index is 0. The molecule has 0 aliphatic carbocycles. The molecule has 94 valence electrons. The highest BCUT2D eigenvalue weighted by atomic mass is 35.5. The van der Waals surface area contributed by atoms with Gasteiger partial charge in [0.1, 0.15) is 0 Å². The van der Waals surface area contributed by atoms with E-state index in [1.165, 1.54) is 0 Å². The summed E-state index contributed by atoms with van der Waals surface area (Å²) in [6.07, 6.45) is 1.55. The highest BCUT2D eigenvalue weighted by Gasteiger charge is 2.07. The van der Waals surface area contributed by atoms with E-state index >= 15 is 0 Å². The Morgan fingerprint density at radius 3 is 2.71 bits per heavy atom. The summed E-state index contributed by atoms with van der Waals surface area (Å²) in [6.45, 7) is 1.45. The third kappa shape index (κ3) is 2.75. The van der Waals surface area contributed by atoms with Gasteiger partial charge in [0, 0.05) is 13.1 Å². The smallest absolute Gasteiger partial charge is 0.323 e. The fourth-order valence-corrected chi connectivity index (χ4v) is 1.49. The van der Waals surface area contributed by atoms with Gasteiger partial charge < -0.3 is 9.47 Å². The summed E-state index contributed by atoms with van der Waals surface area (Å²) in [5, 5.41) is 0. The minimum Gasteiger partial charge on any atom is -0.323 e. The fraction of sp³-hybridized carbons (Fsp3) is 0.444. The Bertz CT molecular complexity index is 612. The van der Waals surface area contributed by atoms with E-state index in [9.17, 15) is 9.59 Å². The van der Waals surface area contributed by atoms with Crippen molar-refractivity contribution in [1.82, 2.24) is 24.4 Å². The van der Waals surface area contributed by atoms with E-state index in [1.54, 1.807) is 10.9 Å². The molecule has 8 heteroatoms. The number of imidazole rings is 1. The van der Waals surface area contributed by atoms with Crippen molar-refractivity contribution in [2.75, 3.05) is 20.6 Å². The van der Waals surface area contributed by atoms with Gasteiger partial charge in [0.05, 0.1) is 6.33 Å². The number of likely N-dealkylation sites (N-methyl/N-ethyl adjacent to an activating group) is 1. The van der Waals surface area contributed by atoms with Crippen LogP contribution in [0.25, 0.3) is 11.2 Å². The lowest BCUT2D eigenvalue weighted by molar-refractivity contribution is 0.386. The Kier molecular flexibility index (Phi) is 4.08. The average Bonchev–Trinajstić information content (AvgIpc) is 2.57. The molecule has 0 fully saturated rings. The summed E-state index contributed by atoms with van der Waals surface area (Å²) < 4.78 is 1.73. The number of nitrogens with one attached hydrogen (secondary N) is 2. The number of hydrogen-bond acceptors (Lipinski definition) is 4. The molecule has 2 N–H and O–H groups in total. The van der Waals surface area contributed by atoms with E-state index in [0.29, 0.717) is 17.7 Å². The van der Waals surface area contributed by atoms with Crippen LogP contribution in [0.3, 0.4) is 0 Å². The Morgan fingerprint density at radius 1 is 1.35 bits per heavy atom. The van der Waals surface area contributed by atoms with Crippen LogP contribution < -0.4 is 11.2 Å². The minimum atomic E-state index is -0.532. The van der Waals surface area contributed by atoms with Crippen molar-refractivity contribution in [3.63, 3.8) is 0 Å². The van der Waals surface area contributed by atoms with Crippen LogP contribution in [0.2, 0.25) is 0 Å². The second-order valence-electron chi connectivity index (χ2n) is 3.85. The Morgan fingerprint density at radius 2 is 2.06 bits per heavy atom. The molecule has 0 bridgehead atoms. The van der Waals surface area contributed by atoms with Crippen molar-refractivity contribution in [3.05, 3.63) is 27.2 Å². The lowest BCUT2D eigenvalue weighted by atomic mass is 10.5. The zero-order valence-electron chi connectivity index (χ0n) is 9.56. The van der Waals surface area contributed by atoms with Gasteiger partial charge in [0.2, 0.25) is 0 Å². The van der Waals surface area contributed by atoms with Gasteiger partial charge >= 0.3 is 5.69 Å². The first kappa shape index (κ1) is 13.5. The molecule has 0 aliphatic heterocycles. The summed E-state index contributed by atoms with van der Waals surface area (Å²) in [4.78, 5) is 33.2. The highest BCUT2D eigenvalue weighted by molar-refractivity contribution is 5.85. The third-order valence-electron chi connectivity index (χ3n) is 2.30. The molecule has 0 radical (unpaired) electrons. The van der Waals surface area contributed by atoms with Gasteiger partial charge in [0.15, 0.2) is 11.2 Å². The molecular formula is C9H14ClN5O2. The monoisotopic (exact) mass is 259 g/mol. The molecule has 0 saturated carbocycles. The number of halogens is 1. The average molecular weight is 260 g/mol. The van der Waals surface area contributed by atoms with Gasteiger partial charge in [-0.3, -0.25) is 14.8 Å². The van der Waals surface area contributed by atoms with Crippen LogP contribution in [0.4, 0.5) is 0 Å². The summed E-state index contributed by atoms with van der Waals surface area (Å²) in [7, 11) is 3.90. The second-order valence-corrected chi connectivity index (χ2v) is 3.85. The molecule has 0 saturated heterocycles. The maximum absolute atomic E-state index is 11.6. The van der Waals surface area contributed by atoms with Crippen molar-refractivity contribution < 1.29 is 0 Å². The summed E-state index contributed by atoms with van der Waals surface area (Å²) in [6, 6.07) is 0. The molecule has 2 heterocycles. The Balaban J connectivity index is 0.00000144. The van der Waals surface area contributed by atoms with Crippen LogP contribution in [-0.4, -0.2) is 45.1 Å². The van der Waals surface area contributed by atoms with Crippen molar-refractivity contribution in [1.29, 1.82) is 0 Å². The molecule has 2 aromatic rings. The lowest BCUT2D eigenvalue weighted by Gasteiger charge is -2.09. The third-order valence-corrected chi connectivity index (χ3v) is 2.30. The SMILES string of the molecule is CN(C)CCn1cnc2[nH]c(=O)[nH]c(=O)c21.Cl. The van der Waals surface area contributed by atoms with E-state index in [2.05, 4.69) is 15.0 Å². The Hall–Kier alpha value is -1.60. The predicted octanol–water partition coefficient (Wildman–Crippen LogP) is -0.604. The number of H-pyrrole nitrogens is 2. The van der Waals surface area contributed by atoms with E-state index < -0.39 is 11.2 Å². The van der Waals surface area contributed by atoms with Crippen LogP contribution in [0.5, 0.6) is 0 Å².